The quantitative estimate of drug-likeness (QED) is 0.692. The van der Waals surface area contributed by atoms with Gasteiger partial charge in [0, 0.05) is 5.69 Å². The van der Waals surface area contributed by atoms with Gasteiger partial charge in [-0.25, -0.2) is 4.39 Å². The Morgan fingerprint density at radius 1 is 0.778 bits per heavy atom. The maximum atomic E-state index is 13.9. The molecular formula is C12H5F12NO2. The van der Waals surface area contributed by atoms with Gasteiger partial charge in [-0.05, 0) is 24.3 Å². The van der Waals surface area contributed by atoms with E-state index in [2.05, 4.69) is 4.74 Å². The number of rotatable bonds is 5. The lowest BCUT2D eigenvalue weighted by atomic mass is 10.2. The molecule has 27 heavy (non-hydrogen) atoms. The van der Waals surface area contributed by atoms with E-state index in [4.69, 9.17) is 0 Å². The Bertz CT molecular complexity index is 681. The standard InChI is InChI=1S/C12H5F12NO2/c13-5-1-3-6(4-2-5)25-7(26)8(14,10(17,18)19)27-12(23,24)9(15,16)11(20,21)22/h1-4H,(H,25,26). The summed E-state index contributed by atoms with van der Waals surface area (Å²) in [5, 5.41) is 0.944. The second-order valence-electron chi connectivity index (χ2n) is 4.75. The molecule has 0 spiro atoms. The monoisotopic (exact) mass is 423 g/mol. The third kappa shape index (κ3) is 4.39. The summed E-state index contributed by atoms with van der Waals surface area (Å²) < 4.78 is 154. The van der Waals surface area contributed by atoms with Gasteiger partial charge in [0.2, 0.25) is 0 Å². The van der Waals surface area contributed by atoms with Crippen molar-refractivity contribution in [1.29, 1.82) is 0 Å². The fourth-order valence-corrected chi connectivity index (χ4v) is 1.38. The van der Waals surface area contributed by atoms with E-state index in [-0.39, 0.29) is 0 Å². The van der Waals surface area contributed by atoms with Crippen LogP contribution in [-0.2, 0) is 9.53 Å². The molecule has 0 fully saturated rings. The fraction of sp³-hybridized carbons (Fsp3) is 0.417. The zero-order valence-electron chi connectivity index (χ0n) is 12.2. The first-order valence-corrected chi connectivity index (χ1v) is 6.20. The lowest BCUT2D eigenvalue weighted by molar-refractivity contribution is -0.472. The molecule has 1 rings (SSSR count). The molecule has 0 aliphatic rings. The molecule has 1 atom stereocenters. The number of carbonyl (C=O) groups excluding carboxylic acids is 1. The van der Waals surface area contributed by atoms with Crippen LogP contribution in [0.2, 0.25) is 0 Å². The lowest BCUT2D eigenvalue weighted by Crippen LogP contribution is -2.62. The number of alkyl halides is 11. The molecule has 0 heterocycles. The number of halogens is 12. The zero-order valence-corrected chi connectivity index (χ0v) is 12.2. The minimum absolute atomic E-state index is 0.506. The molecule has 0 aliphatic carbocycles. The summed E-state index contributed by atoms with van der Waals surface area (Å²) in [6.45, 7) is 0. The van der Waals surface area contributed by atoms with Gasteiger partial charge in [-0.3, -0.25) is 9.53 Å². The van der Waals surface area contributed by atoms with E-state index in [1.807, 2.05) is 0 Å². The van der Waals surface area contributed by atoms with Crippen molar-refractivity contribution in [3.05, 3.63) is 30.1 Å². The maximum Gasteiger partial charge on any atom is 0.462 e. The summed E-state index contributed by atoms with van der Waals surface area (Å²) in [6, 6.07) is 2.03. The van der Waals surface area contributed by atoms with Gasteiger partial charge < -0.3 is 5.32 Å². The predicted octanol–water partition coefficient (Wildman–Crippen LogP) is 4.80. The largest absolute Gasteiger partial charge is 0.462 e. The molecule has 0 aliphatic heterocycles. The number of benzene rings is 1. The SMILES string of the molecule is O=C(Nc1ccc(F)cc1)C(F)(OC(F)(F)C(F)(F)C(F)(F)F)C(F)(F)F. The predicted molar refractivity (Wildman–Crippen MR) is 62.0 cm³/mol. The van der Waals surface area contributed by atoms with Crippen molar-refractivity contribution < 1.29 is 62.2 Å². The molecule has 0 aromatic heterocycles. The van der Waals surface area contributed by atoms with Crippen LogP contribution in [0, 0.1) is 5.82 Å². The topological polar surface area (TPSA) is 38.3 Å². The molecule has 0 radical (unpaired) electrons. The van der Waals surface area contributed by atoms with E-state index in [9.17, 15) is 57.5 Å². The van der Waals surface area contributed by atoms with E-state index < -0.39 is 47.7 Å². The Morgan fingerprint density at radius 3 is 1.59 bits per heavy atom. The molecule has 0 saturated heterocycles. The molecule has 0 saturated carbocycles. The number of hydrogen-bond donors (Lipinski definition) is 1. The Balaban J connectivity index is 3.27. The first-order chi connectivity index (χ1) is 11.8. The first kappa shape index (κ1) is 22.9. The Hall–Kier alpha value is -2.19. The molecule has 1 aromatic rings. The van der Waals surface area contributed by atoms with Crippen LogP contribution < -0.4 is 5.32 Å². The number of nitrogens with one attached hydrogen (secondary N) is 1. The third-order valence-corrected chi connectivity index (χ3v) is 2.75. The molecule has 15 heteroatoms. The zero-order chi connectivity index (χ0) is 21.5. The maximum absolute atomic E-state index is 13.9. The average molecular weight is 423 g/mol. The fourth-order valence-electron chi connectivity index (χ4n) is 1.38. The second-order valence-corrected chi connectivity index (χ2v) is 4.75. The van der Waals surface area contributed by atoms with E-state index in [0.717, 1.165) is 5.32 Å². The summed E-state index contributed by atoms with van der Waals surface area (Å²) in [4.78, 5) is 11.3. The van der Waals surface area contributed by atoms with E-state index in [1.165, 1.54) is 0 Å². The van der Waals surface area contributed by atoms with Crippen molar-refractivity contribution in [2.45, 2.75) is 30.2 Å². The van der Waals surface area contributed by atoms with Crippen LogP contribution in [0.5, 0.6) is 0 Å². The average Bonchev–Trinajstić information content (AvgIpc) is 2.46. The van der Waals surface area contributed by atoms with Crippen LogP contribution in [0.3, 0.4) is 0 Å². The van der Waals surface area contributed by atoms with Crippen LogP contribution in [0.15, 0.2) is 24.3 Å². The minimum atomic E-state index is -7.28. The molecule has 1 unspecified atom stereocenters. The van der Waals surface area contributed by atoms with Crippen molar-refractivity contribution in [2.24, 2.45) is 0 Å². The first-order valence-electron chi connectivity index (χ1n) is 6.20. The third-order valence-electron chi connectivity index (χ3n) is 2.75. The van der Waals surface area contributed by atoms with Gasteiger partial charge >= 0.3 is 30.2 Å². The summed E-state index contributed by atoms with van der Waals surface area (Å²) >= 11 is 0. The van der Waals surface area contributed by atoms with Gasteiger partial charge in [0.15, 0.2) is 0 Å². The molecule has 154 valence electrons. The van der Waals surface area contributed by atoms with Gasteiger partial charge in [-0.1, -0.05) is 0 Å². The van der Waals surface area contributed by atoms with Crippen LogP contribution in [0.25, 0.3) is 0 Å². The number of amides is 1. The highest BCUT2D eigenvalue weighted by Gasteiger charge is 2.79. The van der Waals surface area contributed by atoms with Crippen molar-refractivity contribution in [1.82, 2.24) is 0 Å². The lowest BCUT2D eigenvalue weighted by Gasteiger charge is -2.34. The van der Waals surface area contributed by atoms with Crippen molar-refractivity contribution in [3.63, 3.8) is 0 Å². The summed E-state index contributed by atoms with van der Waals surface area (Å²) in [5.74, 6) is -17.8. The molecule has 0 bridgehead atoms. The molecular weight excluding hydrogens is 418 g/mol. The van der Waals surface area contributed by atoms with Gasteiger partial charge in [0.1, 0.15) is 5.82 Å². The van der Waals surface area contributed by atoms with Crippen LogP contribution in [-0.4, -0.2) is 36.1 Å². The van der Waals surface area contributed by atoms with E-state index >= 15 is 0 Å². The number of anilines is 1. The highest BCUT2D eigenvalue weighted by molar-refractivity contribution is 5.96. The molecule has 3 nitrogen and oxygen atoms in total. The molecule has 1 aromatic carbocycles. The highest BCUT2D eigenvalue weighted by atomic mass is 19.4. The van der Waals surface area contributed by atoms with Gasteiger partial charge in [-0.15, -0.1) is 0 Å². The summed E-state index contributed by atoms with van der Waals surface area (Å²) in [7, 11) is 0. The molecule has 1 amide bonds. The normalized spacial score (nSPS) is 16.0. The smallest absolute Gasteiger partial charge is 0.321 e. The van der Waals surface area contributed by atoms with Crippen molar-refractivity contribution in [2.75, 3.05) is 5.32 Å². The van der Waals surface area contributed by atoms with Gasteiger partial charge in [0.25, 0.3) is 5.91 Å². The number of ether oxygens (including phenoxy) is 1. The van der Waals surface area contributed by atoms with Crippen LogP contribution in [0.1, 0.15) is 0 Å². The number of carbonyl (C=O) groups is 1. The number of hydrogen-bond acceptors (Lipinski definition) is 2. The van der Waals surface area contributed by atoms with Crippen LogP contribution in [0.4, 0.5) is 58.4 Å². The second kappa shape index (κ2) is 6.76. The summed E-state index contributed by atoms with van der Waals surface area (Å²) in [6.07, 6.45) is -21.1. The van der Waals surface area contributed by atoms with E-state index in [0.29, 0.717) is 24.3 Å². The van der Waals surface area contributed by atoms with Crippen molar-refractivity contribution >= 4 is 11.6 Å². The Kier molecular flexibility index (Phi) is 5.72. The van der Waals surface area contributed by atoms with E-state index in [1.54, 1.807) is 0 Å². The highest BCUT2D eigenvalue weighted by Crippen LogP contribution is 2.51. The van der Waals surface area contributed by atoms with Gasteiger partial charge in [0.05, 0.1) is 0 Å². The summed E-state index contributed by atoms with van der Waals surface area (Å²) in [5.41, 5.74) is -0.845. The minimum Gasteiger partial charge on any atom is -0.321 e. The Labute approximate surface area is 140 Å². The molecule has 1 N–H and O–H groups in total. The van der Waals surface area contributed by atoms with Crippen molar-refractivity contribution in [3.8, 4) is 0 Å². The van der Waals surface area contributed by atoms with Crippen LogP contribution >= 0.6 is 0 Å². The van der Waals surface area contributed by atoms with Gasteiger partial charge in [-0.2, -0.15) is 48.3 Å². The Morgan fingerprint density at radius 2 is 1.22 bits per heavy atom.